The lowest BCUT2D eigenvalue weighted by Gasteiger charge is -2.11. The molecule has 2 aromatic heterocycles. The molecule has 0 amide bonds. The molecule has 0 aliphatic heterocycles. The Morgan fingerprint density at radius 2 is 2.13 bits per heavy atom. The van der Waals surface area contributed by atoms with Crippen molar-refractivity contribution in [3.63, 3.8) is 0 Å². The number of hydrogen-bond acceptors (Lipinski definition) is 6. The topological polar surface area (TPSA) is 70.3 Å². The lowest BCUT2D eigenvalue weighted by atomic mass is 10.2. The summed E-state index contributed by atoms with van der Waals surface area (Å²) in [5.74, 6) is 2.06. The van der Waals surface area contributed by atoms with Crippen LogP contribution in [0.15, 0.2) is 45.5 Å². The van der Waals surface area contributed by atoms with E-state index in [1.165, 1.54) is 0 Å². The molecule has 1 aromatic carbocycles. The number of pyridine rings is 1. The van der Waals surface area contributed by atoms with Crippen LogP contribution in [0.3, 0.4) is 0 Å². The van der Waals surface area contributed by atoms with Gasteiger partial charge >= 0.3 is 0 Å². The molecule has 0 radical (unpaired) electrons. The van der Waals surface area contributed by atoms with Gasteiger partial charge in [0.1, 0.15) is 5.69 Å². The summed E-state index contributed by atoms with van der Waals surface area (Å²) >= 11 is 3.47. The molecule has 0 spiro atoms. The Morgan fingerprint density at radius 1 is 1.26 bits per heavy atom. The highest BCUT2D eigenvalue weighted by Gasteiger charge is 2.16. The van der Waals surface area contributed by atoms with Gasteiger partial charge in [-0.1, -0.05) is 11.2 Å². The Morgan fingerprint density at radius 3 is 2.83 bits per heavy atom. The molecule has 0 fully saturated rings. The fourth-order valence-corrected chi connectivity index (χ4v) is 2.70. The molecule has 118 valence electrons. The number of ether oxygens (including phenoxy) is 2. The smallest absolute Gasteiger partial charge is 0.276 e. The van der Waals surface area contributed by atoms with Gasteiger partial charge in [-0.05, 0) is 47.1 Å². The summed E-state index contributed by atoms with van der Waals surface area (Å²) in [6.07, 6.45) is 1.68. The molecule has 0 aliphatic carbocycles. The van der Waals surface area contributed by atoms with Crippen molar-refractivity contribution in [3.8, 4) is 34.5 Å². The SMILES string of the molecule is CCOc1cc(-c2noc(-c3ccccn3)n2)cc(Br)c1OC. The fourth-order valence-electron chi connectivity index (χ4n) is 2.09. The van der Waals surface area contributed by atoms with Crippen LogP contribution in [0.4, 0.5) is 0 Å². The fraction of sp³-hybridized carbons (Fsp3) is 0.188. The zero-order valence-electron chi connectivity index (χ0n) is 12.6. The van der Waals surface area contributed by atoms with Gasteiger partial charge in [0.2, 0.25) is 5.82 Å². The van der Waals surface area contributed by atoms with Crippen LogP contribution in [0.1, 0.15) is 6.92 Å². The van der Waals surface area contributed by atoms with Gasteiger partial charge in [0, 0.05) is 11.8 Å². The minimum atomic E-state index is 0.366. The Labute approximate surface area is 141 Å². The third kappa shape index (κ3) is 3.19. The summed E-state index contributed by atoms with van der Waals surface area (Å²) in [6.45, 7) is 2.44. The van der Waals surface area contributed by atoms with Gasteiger partial charge in [0.15, 0.2) is 11.5 Å². The van der Waals surface area contributed by atoms with E-state index in [1.807, 2.05) is 37.3 Å². The molecule has 0 saturated heterocycles. The first-order valence-corrected chi connectivity index (χ1v) is 7.78. The number of hydrogen-bond donors (Lipinski definition) is 0. The third-order valence-corrected chi connectivity index (χ3v) is 3.67. The summed E-state index contributed by atoms with van der Waals surface area (Å²) in [6, 6.07) is 9.18. The number of nitrogens with zero attached hydrogens (tertiary/aromatic N) is 3. The van der Waals surface area contributed by atoms with Gasteiger partial charge in [0.25, 0.3) is 5.89 Å². The summed E-state index contributed by atoms with van der Waals surface area (Å²) in [7, 11) is 1.59. The first-order valence-electron chi connectivity index (χ1n) is 6.98. The number of benzene rings is 1. The van der Waals surface area contributed by atoms with Crippen LogP contribution >= 0.6 is 15.9 Å². The van der Waals surface area contributed by atoms with Crippen LogP contribution in [0, 0.1) is 0 Å². The lowest BCUT2D eigenvalue weighted by molar-refractivity contribution is 0.310. The number of rotatable bonds is 5. The highest BCUT2D eigenvalue weighted by molar-refractivity contribution is 9.10. The summed E-state index contributed by atoms with van der Waals surface area (Å²) < 4.78 is 17.0. The molecule has 0 unspecified atom stereocenters. The predicted molar refractivity (Wildman–Crippen MR) is 88.4 cm³/mol. The van der Waals surface area contributed by atoms with Gasteiger partial charge in [0.05, 0.1) is 18.2 Å². The van der Waals surface area contributed by atoms with E-state index in [0.717, 1.165) is 10.0 Å². The van der Waals surface area contributed by atoms with Crippen LogP contribution in [0.25, 0.3) is 23.0 Å². The molecule has 23 heavy (non-hydrogen) atoms. The number of aromatic nitrogens is 3. The molecule has 0 N–H and O–H groups in total. The Bertz CT molecular complexity index is 806. The molecule has 7 heteroatoms. The van der Waals surface area contributed by atoms with Crippen LogP contribution in [-0.4, -0.2) is 28.8 Å². The van der Waals surface area contributed by atoms with Crippen LogP contribution in [0.5, 0.6) is 11.5 Å². The van der Waals surface area contributed by atoms with Gasteiger partial charge < -0.3 is 14.0 Å². The number of halogens is 1. The van der Waals surface area contributed by atoms with E-state index in [-0.39, 0.29) is 0 Å². The van der Waals surface area contributed by atoms with E-state index in [2.05, 4.69) is 31.1 Å². The molecule has 3 rings (SSSR count). The van der Waals surface area contributed by atoms with Crippen LogP contribution in [0.2, 0.25) is 0 Å². The molecule has 0 atom stereocenters. The monoisotopic (exact) mass is 375 g/mol. The predicted octanol–water partition coefficient (Wildman–Crippen LogP) is 3.97. The largest absolute Gasteiger partial charge is 0.492 e. The van der Waals surface area contributed by atoms with Crippen molar-refractivity contribution in [1.29, 1.82) is 0 Å². The van der Waals surface area contributed by atoms with Crippen molar-refractivity contribution < 1.29 is 14.0 Å². The maximum absolute atomic E-state index is 5.61. The zero-order valence-corrected chi connectivity index (χ0v) is 14.2. The van der Waals surface area contributed by atoms with Crippen LogP contribution < -0.4 is 9.47 Å². The second-order valence-electron chi connectivity index (χ2n) is 4.56. The van der Waals surface area contributed by atoms with Crippen molar-refractivity contribution in [2.75, 3.05) is 13.7 Å². The van der Waals surface area contributed by atoms with Gasteiger partial charge in [-0.2, -0.15) is 4.98 Å². The second kappa shape index (κ2) is 6.78. The maximum atomic E-state index is 5.61. The minimum Gasteiger partial charge on any atom is -0.492 e. The van der Waals surface area contributed by atoms with Crippen molar-refractivity contribution in [2.24, 2.45) is 0 Å². The molecule has 0 bridgehead atoms. The molecule has 6 nitrogen and oxygen atoms in total. The second-order valence-corrected chi connectivity index (χ2v) is 5.41. The Hall–Kier alpha value is -2.41. The average Bonchev–Trinajstić information content (AvgIpc) is 3.06. The highest BCUT2D eigenvalue weighted by atomic mass is 79.9. The highest BCUT2D eigenvalue weighted by Crippen LogP contribution is 2.39. The van der Waals surface area contributed by atoms with Crippen LogP contribution in [-0.2, 0) is 0 Å². The maximum Gasteiger partial charge on any atom is 0.276 e. The van der Waals surface area contributed by atoms with Crippen molar-refractivity contribution in [2.45, 2.75) is 6.92 Å². The first-order chi connectivity index (χ1) is 11.2. The molecular weight excluding hydrogens is 362 g/mol. The lowest BCUT2D eigenvalue weighted by Crippen LogP contribution is -1.97. The van der Waals surface area contributed by atoms with E-state index >= 15 is 0 Å². The summed E-state index contributed by atoms with van der Waals surface area (Å²) in [5.41, 5.74) is 1.39. The molecule has 2 heterocycles. The van der Waals surface area contributed by atoms with Gasteiger partial charge in [-0.15, -0.1) is 0 Å². The average molecular weight is 376 g/mol. The van der Waals surface area contributed by atoms with E-state index in [4.69, 9.17) is 14.0 Å². The third-order valence-electron chi connectivity index (χ3n) is 3.08. The molecule has 0 aliphatic rings. The summed E-state index contributed by atoms with van der Waals surface area (Å²) in [4.78, 5) is 8.59. The number of methoxy groups -OCH3 is 1. The van der Waals surface area contributed by atoms with E-state index in [0.29, 0.717) is 35.5 Å². The Balaban J connectivity index is 2.01. The minimum absolute atomic E-state index is 0.366. The molecule has 3 aromatic rings. The zero-order chi connectivity index (χ0) is 16.2. The van der Waals surface area contributed by atoms with E-state index < -0.39 is 0 Å². The van der Waals surface area contributed by atoms with E-state index in [9.17, 15) is 0 Å². The standard InChI is InChI=1S/C16H14BrN3O3/c1-3-22-13-9-10(8-11(17)14(13)21-2)15-19-16(23-20-15)12-6-4-5-7-18-12/h4-9H,3H2,1-2H3. The first kappa shape index (κ1) is 15.5. The van der Waals surface area contributed by atoms with Gasteiger partial charge in [-0.25, -0.2) is 0 Å². The molecular formula is C16H14BrN3O3. The van der Waals surface area contributed by atoms with Crippen molar-refractivity contribution in [1.82, 2.24) is 15.1 Å². The summed E-state index contributed by atoms with van der Waals surface area (Å²) in [5, 5.41) is 4.02. The normalized spacial score (nSPS) is 10.6. The van der Waals surface area contributed by atoms with E-state index in [1.54, 1.807) is 13.3 Å². The van der Waals surface area contributed by atoms with Crippen molar-refractivity contribution >= 4 is 15.9 Å². The van der Waals surface area contributed by atoms with Crippen molar-refractivity contribution in [3.05, 3.63) is 41.0 Å². The quantitative estimate of drug-likeness (QED) is 0.671. The van der Waals surface area contributed by atoms with Gasteiger partial charge in [-0.3, -0.25) is 4.98 Å². The molecule has 0 saturated carbocycles. The Kier molecular flexibility index (Phi) is 4.57.